The molecule has 1 heterocycles. The van der Waals surface area contributed by atoms with Crippen LogP contribution in [0.2, 0.25) is 0 Å². The molecule has 0 amide bonds. The zero-order valence-corrected chi connectivity index (χ0v) is 8.26. The topological polar surface area (TPSA) is 26.0 Å². The molecule has 0 N–H and O–H groups in total. The van der Waals surface area contributed by atoms with E-state index in [4.69, 9.17) is 16.0 Å². The molecule has 0 radical (unpaired) electrons. The fraction of sp³-hybridized carbons (Fsp3) is 0.100. The maximum Gasteiger partial charge on any atom is 0.229 e. The van der Waals surface area contributed by atoms with Crippen LogP contribution >= 0.6 is 11.6 Å². The Morgan fingerprint density at radius 2 is 2.13 bits per heavy atom. The first kappa shape index (κ1) is 10.1. The molecule has 2 aromatic rings. The Morgan fingerprint density at radius 1 is 1.33 bits per heavy atom. The second-order valence-corrected chi connectivity index (χ2v) is 3.17. The molecule has 0 saturated carbocycles. The van der Waals surface area contributed by atoms with Gasteiger partial charge in [-0.3, -0.25) is 0 Å². The van der Waals surface area contributed by atoms with Crippen molar-refractivity contribution in [2.75, 3.05) is 0 Å². The molecule has 1 aromatic heterocycles. The van der Waals surface area contributed by atoms with Crippen molar-refractivity contribution in [1.29, 1.82) is 0 Å². The van der Waals surface area contributed by atoms with Gasteiger partial charge in [-0.1, -0.05) is 0 Å². The summed E-state index contributed by atoms with van der Waals surface area (Å²) in [5.41, 5.74) is 0.474. The fourth-order valence-electron chi connectivity index (χ4n) is 1.15. The highest BCUT2D eigenvalue weighted by Crippen LogP contribution is 2.23. The van der Waals surface area contributed by atoms with E-state index in [0.717, 1.165) is 18.2 Å². The summed E-state index contributed by atoms with van der Waals surface area (Å²) in [6.07, 6.45) is 1.31. The molecule has 1 aromatic carbocycles. The van der Waals surface area contributed by atoms with Gasteiger partial charge in [0.05, 0.1) is 17.1 Å². The Hall–Kier alpha value is -1.42. The van der Waals surface area contributed by atoms with Crippen molar-refractivity contribution >= 4 is 11.6 Å². The number of rotatable bonds is 2. The number of benzene rings is 1. The van der Waals surface area contributed by atoms with E-state index in [0.29, 0.717) is 5.69 Å². The van der Waals surface area contributed by atoms with Gasteiger partial charge in [-0.05, 0) is 18.2 Å². The lowest BCUT2D eigenvalue weighted by Gasteiger charge is -1.97. The van der Waals surface area contributed by atoms with Crippen molar-refractivity contribution in [2.45, 2.75) is 5.88 Å². The molecule has 0 aliphatic heterocycles. The number of nitrogens with zero attached hydrogens (tertiary/aromatic N) is 1. The maximum atomic E-state index is 13.3. The number of alkyl halides is 1. The number of oxazole rings is 1. The van der Waals surface area contributed by atoms with E-state index < -0.39 is 11.6 Å². The molecule has 0 unspecified atom stereocenters. The quantitative estimate of drug-likeness (QED) is 0.738. The summed E-state index contributed by atoms with van der Waals surface area (Å²) in [7, 11) is 0. The van der Waals surface area contributed by atoms with Gasteiger partial charge in [-0.25, -0.2) is 13.8 Å². The van der Waals surface area contributed by atoms with Crippen molar-refractivity contribution in [1.82, 2.24) is 4.98 Å². The SMILES string of the molecule is Fc1ccc(F)c(-c2nc(CCl)co2)c1. The summed E-state index contributed by atoms with van der Waals surface area (Å²) in [6.45, 7) is 0. The lowest BCUT2D eigenvalue weighted by Crippen LogP contribution is -1.87. The van der Waals surface area contributed by atoms with Crippen LogP contribution in [0.1, 0.15) is 5.69 Å². The molecule has 0 fully saturated rings. The average molecular weight is 230 g/mol. The zero-order valence-electron chi connectivity index (χ0n) is 7.51. The largest absolute Gasteiger partial charge is 0.444 e. The summed E-state index contributed by atoms with van der Waals surface area (Å²) >= 11 is 5.51. The van der Waals surface area contributed by atoms with Crippen molar-refractivity contribution in [3.63, 3.8) is 0 Å². The Morgan fingerprint density at radius 3 is 2.80 bits per heavy atom. The predicted molar refractivity (Wildman–Crippen MR) is 51.4 cm³/mol. The molecule has 0 aliphatic carbocycles. The Balaban J connectivity index is 2.48. The van der Waals surface area contributed by atoms with Crippen LogP contribution in [0.4, 0.5) is 8.78 Å². The third-order valence-corrected chi connectivity index (χ3v) is 2.12. The van der Waals surface area contributed by atoms with Crippen LogP contribution in [0.3, 0.4) is 0 Å². The number of hydrogen-bond donors (Lipinski definition) is 0. The average Bonchev–Trinajstić information content (AvgIpc) is 2.70. The van der Waals surface area contributed by atoms with E-state index in [1.807, 2.05) is 0 Å². The molecule has 5 heteroatoms. The molecule has 0 saturated heterocycles. The van der Waals surface area contributed by atoms with Gasteiger partial charge in [0.15, 0.2) is 0 Å². The van der Waals surface area contributed by atoms with Crippen LogP contribution in [0.5, 0.6) is 0 Å². The number of aromatic nitrogens is 1. The monoisotopic (exact) mass is 229 g/mol. The third kappa shape index (κ3) is 1.99. The standard InChI is InChI=1S/C10H6ClF2NO/c11-4-7-5-15-10(14-7)8-3-6(12)1-2-9(8)13/h1-3,5H,4H2. The first-order valence-electron chi connectivity index (χ1n) is 4.16. The van der Waals surface area contributed by atoms with E-state index in [9.17, 15) is 8.78 Å². The maximum absolute atomic E-state index is 13.3. The van der Waals surface area contributed by atoms with Crippen LogP contribution in [0, 0.1) is 11.6 Å². The minimum Gasteiger partial charge on any atom is -0.444 e. The van der Waals surface area contributed by atoms with Crippen molar-refractivity contribution in [3.05, 3.63) is 41.8 Å². The van der Waals surface area contributed by atoms with Gasteiger partial charge in [-0.2, -0.15) is 0 Å². The molecule has 15 heavy (non-hydrogen) atoms. The van der Waals surface area contributed by atoms with E-state index in [2.05, 4.69) is 4.98 Å². The van der Waals surface area contributed by atoms with Crippen molar-refractivity contribution in [2.24, 2.45) is 0 Å². The summed E-state index contributed by atoms with van der Waals surface area (Å²) < 4.78 is 31.1. The molecular formula is C10H6ClF2NO. The molecule has 0 bridgehead atoms. The van der Waals surface area contributed by atoms with Crippen LogP contribution < -0.4 is 0 Å². The Labute approximate surface area is 89.5 Å². The molecule has 0 spiro atoms. The lowest BCUT2D eigenvalue weighted by atomic mass is 10.2. The van der Waals surface area contributed by atoms with E-state index >= 15 is 0 Å². The highest BCUT2D eigenvalue weighted by molar-refractivity contribution is 6.16. The Bertz CT molecular complexity index is 484. The fourth-order valence-corrected chi connectivity index (χ4v) is 1.28. The summed E-state index contributed by atoms with van der Waals surface area (Å²) in [5, 5.41) is 0. The van der Waals surface area contributed by atoms with Gasteiger partial charge < -0.3 is 4.42 Å². The number of halogens is 3. The highest BCUT2D eigenvalue weighted by Gasteiger charge is 2.12. The molecule has 0 aliphatic rings. The molecule has 78 valence electrons. The zero-order chi connectivity index (χ0) is 10.8. The first-order chi connectivity index (χ1) is 7.20. The minimum absolute atomic E-state index is 0.00799. The summed E-state index contributed by atoms with van der Waals surface area (Å²) in [6, 6.07) is 3.08. The van der Waals surface area contributed by atoms with Crippen LogP contribution in [0.15, 0.2) is 28.9 Å². The lowest BCUT2D eigenvalue weighted by molar-refractivity contribution is 0.556. The first-order valence-corrected chi connectivity index (χ1v) is 4.70. The van der Waals surface area contributed by atoms with E-state index in [-0.39, 0.29) is 17.3 Å². The third-order valence-electron chi connectivity index (χ3n) is 1.85. The van der Waals surface area contributed by atoms with Crippen LogP contribution in [-0.2, 0) is 5.88 Å². The van der Waals surface area contributed by atoms with Gasteiger partial charge in [0.1, 0.15) is 17.9 Å². The second kappa shape index (κ2) is 3.98. The molecule has 2 nitrogen and oxygen atoms in total. The van der Waals surface area contributed by atoms with E-state index in [1.54, 1.807) is 0 Å². The molecule has 0 atom stereocenters. The molecule has 2 rings (SSSR count). The van der Waals surface area contributed by atoms with Gasteiger partial charge in [0, 0.05) is 0 Å². The highest BCUT2D eigenvalue weighted by atomic mass is 35.5. The van der Waals surface area contributed by atoms with Gasteiger partial charge in [0.25, 0.3) is 0 Å². The number of hydrogen-bond acceptors (Lipinski definition) is 2. The van der Waals surface area contributed by atoms with Crippen molar-refractivity contribution in [3.8, 4) is 11.5 Å². The summed E-state index contributed by atoms with van der Waals surface area (Å²) in [5.74, 6) is -0.931. The normalized spacial score (nSPS) is 10.6. The van der Waals surface area contributed by atoms with Crippen LogP contribution in [0.25, 0.3) is 11.5 Å². The second-order valence-electron chi connectivity index (χ2n) is 2.90. The minimum atomic E-state index is -0.584. The van der Waals surface area contributed by atoms with E-state index in [1.165, 1.54) is 6.26 Å². The molecular weight excluding hydrogens is 224 g/mol. The van der Waals surface area contributed by atoms with Gasteiger partial charge in [0.2, 0.25) is 5.89 Å². The predicted octanol–water partition coefficient (Wildman–Crippen LogP) is 3.36. The van der Waals surface area contributed by atoms with Gasteiger partial charge >= 0.3 is 0 Å². The van der Waals surface area contributed by atoms with Gasteiger partial charge in [-0.15, -0.1) is 11.6 Å². The van der Waals surface area contributed by atoms with Crippen LogP contribution in [-0.4, -0.2) is 4.98 Å². The smallest absolute Gasteiger partial charge is 0.229 e. The summed E-state index contributed by atoms with van der Waals surface area (Å²) in [4.78, 5) is 3.90. The Kier molecular flexibility index (Phi) is 2.68. The van der Waals surface area contributed by atoms with Crippen molar-refractivity contribution < 1.29 is 13.2 Å².